The van der Waals surface area contributed by atoms with E-state index < -0.39 is 0 Å². The highest BCUT2D eigenvalue weighted by atomic mass is 16.2. The lowest BCUT2D eigenvalue weighted by molar-refractivity contribution is 0.0781. The summed E-state index contributed by atoms with van der Waals surface area (Å²) in [5.41, 5.74) is 2.86. The van der Waals surface area contributed by atoms with Crippen LogP contribution in [0.4, 0.5) is 5.69 Å². The first-order valence-corrected chi connectivity index (χ1v) is 9.09. The second-order valence-electron chi connectivity index (χ2n) is 7.24. The number of aryl methyl sites for hydroxylation is 1. The number of nitrogens with zero attached hydrogens (tertiary/aromatic N) is 1. The number of anilines is 1. The Bertz CT molecular complexity index is 822. The molecule has 2 atom stereocenters. The van der Waals surface area contributed by atoms with Crippen LogP contribution in [0, 0.1) is 18.8 Å². The molecule has 0 radical (unpaired) electrons. The number of benzene rings is 2. The van der Waals surface area contributed by atoms with Gasteiger partial charge in [-0.25, -0.2) is 0 Å². The first-order chi connectivity index (χ1) is 12.6. The number of carbonyl (C=O) groups excluding carboxylic acids is 2. The summed E-state index contributed by atoms with van der Waals surface area (Å²) >= 11 is 0. The second kappa shape index (κ2) is 6.92. The molecule has 2 fully saturated rings. The van der Waals surface area contributed by atoms with E-state index in [2.05, 4.69) is 10.6 Å². The van der Waals surface area contributed by atoms with Gasteiger partial charge in [-0.2, -0.15) is 0 Å². The van der Waals surface area contributed by atoms with Crippen molar-refractivity contribution in [1.29, 1.82) is 0 Å². The van der Waals surface area contributed by atoms with E-state index in [4.69, 9.17) is 0 Å². The lowest BCUT2D eigenvalue weighted by atomic mass is 10.0. The maximum Gasteiger partial charge on any atom is 0.255 e. The molecule has 5 heteroatoms. The van der Waals surface area contributed by atoms with Gasteiger partial charge in [-0.1, -0.05) is 24.3 Å². The average Bonchev–Trinajstić information content (AvgIpc) is 3.25. The quantitative estimate of drug-likeness (QED) is 0.895. The van der Waals surface area contributed by atoms with E-state index in [-0.39, 0.29) is 11.8 Å². The van der Waals surface area contributed by atoms with Gasteiger partial charge in [0.1, 0.15) is 0 Å². The molecule has 0 bridgehead atoms. The first kappa shape index (κ1) is 16.8. The summed E-state index contributed by atoms with van der Waals surface area (Å²) in [5, 5.41) is 6.32. The minimum atomic E-state index is -0.167. The standard InChI is InChI=1S/C21H23N3O2/c1-14-7-8-16(21(26)24-12-17-10-22-11-18(17)13-24)9-19(14)23-20(25)15-5-3-2-4-6-15/h2-9,17-18,22H,10-13H2,1H3,(H,23,25)/t17-,18+. The Balaban J connectivity index is 1.51. The molecule has 2 aliphatic heterocycles. The summed E-state index contributed by atoms with van der Waals surface area (Å²) in [6.07, 6.45) is 0. The summed E-state index contributed by atoms with van der Waals surface area (Å²) in [6.45, 7) is 5.56. The summed E-state index contributed by atoms with van der Waals surface area (Å²) in [7, 11) is 0. The van der Waals surface area contributed by atoms with Crippen molar-refractivity contribution >= 4 is 17.5 Å². The molecular weight excluding hydrogens is 326 g/mol. The molecule has 134 valence electrons. The number of carbonyl (C=O) groups is 2. The zero-order valence-electron chi connectivity index (χ0n) is 14.9. The van der Waals surface area contributed by atoms with Gasteiger partial charge in [0.2, 0.25) is 0 Å². The lowest BCUT2D eigenvalue weighted by Gasteiger charge is -2.18. The molecule has 2 saturated heterocycles. The normalized spacial score (nSPS) is 21.5. The highest BCUT2D eigenvalue weighted by molar-refractivity contribution is 6.05. The van der Waals surface area contributed by atoms with Gasteiger partial charge in [0.15, 0.2) is 0 Å². The number of nitrogens with one attached hydrogen (secondary N) is 2. The molecule has 26 heavy (non-hydrogen) atoms. The van der Waals surface area contributed by atoms with Gasteiger partial charge in [0, 0.05) is 43.0 Å². The monoisotopic (exact) mass is 349 g/mol. The van der Waals surface area contributed by atoms with Crippen molar-refractivity contribution in [2.75, 3.05) is 31.5 Å². The van der Waals surface area contributed by atoms with E-state index in [1.165, 1.54) is 0 Å². The highest BCUT2D eigenvalue weighted by Gasteiger charge is 2.38. The van der Waals surface area contributed by atoms with Crippen LogP contribution in [0.3, 0.4) is 0 Å². The molecule has 2 aliphatic rings. The van der Waals surface area contributed by atoms with Gasteiger partial charge < -0.3 is 15.5 Å². The molecule has 0 unspecified atom stereocenters. The fourth-order valence-electron chi connectivity index (χ4n) is 3.88. The summed E-state index contributed by atoms with van der Waals surface area (Å²) in [5.74, 6) is 1.03. The number of likely N-dealkylation sites (tertiary alicyclic amines) is 1. The minimum absolute atomic E-state index is 0.0506. The lowest BCUT2D eigenvalue weighted by Crippen LogP contribution is -2.32. The topological polar surface area (TPSA) is 61.4 Å². The third kappa shape index (κ3) is 3.22. The van der Waals surface area contributed by atoms with Gasteiger partial charge in [-0.3, -0.25) is 9.59 Å². The minimum Gasteiger partial charge on any atom is -0.338 e. The molecule has 2 aromatic rings. The van der Waals surface area contributed by atoms with Crippen molar-refractivity contribution < 1.29 is 9.59 Å². The number of hydrogen-bond donors (Lipinski definition) is 2. The first-order valence-electron chi connectivity index (χ1n) is 9.09. The molecule has 0 aliphatic carbocycles. The largest absolute Gasteiger partial charge is 0.338 e. The van der Waals surface area contributed by atoms with Crippen molar-refractivity contribution in [2.45, 2.75) is 6.92 Å². The van der Waals surface area contributed by atoms with Gasteiger partial charge in [-0.05, 0) is 48.6 Å². The Kier molecular flexibility index (Phi) is 4.47. The Hall–Kier alpha value is -2.66. The van der Waals surface area contributed by atoms with Gasteiger partial charge in [-0.15, -0.1) is 0 Å². The van der Waals surface area contributed by atoms with Crippen LogP contribution in [0.5, 0.6) is 0 Å². The van der Waals surface area contributed by atoms with E-state index in [0.29, 0.717) is 28.7 Å². The predicted octanol–water partition coefficient (Wildman–Crippen LogP) is 2.54. The number of amides is 2. The molecule has 0 saturated carbocycles. The summed E-state index contributed by atoms with van der Waals surface area (Å²) < 4.78 is 0. The summed E-state index contributed by atoms with van der Waals surface area (Å²) in [6, 6.07) is 14.6. The Labute approximate surface area is 153 Å². The van der Waals surface area contributed by atoms with E-state index in [1.807, 2.05) is 42.2 Å². The maximum absolute atomic E-state index is 12.9. The van der Waals surface area contributed by atoms with Gasteiger partial charge in [0.25, 0.3) is 11.8 Å². The van der Waals surface area contributed by atoms with Crippen molar-refractivity contribution in [3.63, 3.8) is 0 Å². The zero-order valence-corrected chi connectivity index (χ0v) is 14.9. The zero-order chi connectivity index (χ0) is 18.1. The Morgan fingerprint density at radius 2 is 1.69 bits per heavy atom. The van der Waals surface area contributed by atoms with Crippen LogP contribution in [-0.4, -0.2) is 42.9 Å². The molecule has 2 N–H and O–H groups in total. The third-order valence-electron chi connectivity index (χ3n) is 5.45. The third-order valence-corrected chi connectivity index (χ3v) is 5.45. The van der Waals surface area contributed by atoms with E-state index in [0.717, 1.165) is 31.7 Å². The van der Waals surface area contributed by atoms with Crippen LogP contribution in [0.2, 0.25) is 0 Å². The van der Waals surface area contributed by atoms with Crippen LogP contribution in [-0.2, 0) is 0 Å². The van der Waals surface area contributed by atoms with Crippen molar-refractivity contribution in [3.8, 4) is 0 Å². The van der Waals surface area contributed by atoms with Crippen LogP contribution in [0.25, 0.3) is 0 Å². The Morgan fingerprint density at radius 3 is 2.38 bits per heavy atom. The average molecular weight is 349 g/mol. The molecule has 0 aromatic heterocycles. The van der Waals surface area contributed by atoms with Crippen LogP contribution in [0.1, 0.15) is 26.3 Å². The molecule has 0 spiro atoms. The second-order valence-corrected chi connectivity index (χ2v) is 7.24. The molecule has 4 rings (SSSR count). The van der Waals surface area contributed by atoms with Crippen LogP contribution >= 0.6 is 0 Å². The van der Waals surface area contributed by atoms with E-state index in [9.17, 15) is 9.59 Å². The van der Waals surface area contributed by atoms with Crippen molar-refractivity contribution in [3.05, 3.63) is 65.2 Å². The highest BCUT2D eigenvalue weighted by Crippen LogP contribution is 2.28. The fraction of sp³-hybridized carbons (Fsp3) is 0.333. The van der Waals surface area contributed by atoms with Crippen molar-refractivity contribution in [1.82, 2.24) is 10.2 Å². The van der Waals surface area contributed by atoms with Gasteiger partial charge >= 0.3 is 0 Å². The smallest absolute Gasteiger partial charge is 0.255 e. The maximum atomic E-state index is 12.9. The molecular formula is C21H23N3O2. The molecule has 2 aromatic carbocycles. The SMILES string of the molecule is Cc1ccc(C(=O)N2C[C@H]3CNC[C@H]3C2)cc1NC(=O)c1ccccc1. The molecule has 2 heterocycles. The predicted molar refractivity (Wildman–Crippen MR) is 101 cm³/mol. The number of rotatable bonds is 3. The molecule has 5 nitrogen and oxygen atoms in total. The summed E-state index contributed by atoms with van der Waals surface area (Å²) in [4.78, 5) is 27.3. The number of fused-ring (bicyclic) bond motifs is 1. The van der Waals surface area contributed by atoms with E-state index >= 15 is 0 Å². The van der Waals surface area contributed by atoms with Crippen LogP contribution in [0.15, 0.2) is 48.5 Å². The van der Waals surface area contributed by atoms with Crippen molar-refractivity contribution in [2.24, 2.45) is 11.8 Å². The van der Waals surface area contributed by atoms with Gasteiger partial charge in [0.05, 0.1) is 0 Å². The number of hydrogen-bond acceptors (Lipinski definition) is 3. The van der Waals surface area contributed by atoms with Crippen LogP contribution < -0.4 is 10.6 Å². The fourth-order valence-corrected chi connectivity index (χ4v) is 3.88. The molecule has 2 amide bonds. The van der Waals surface area contributed by atoms with E-state index in [1.54, 1.807) is 18.2 Å². The Morgan fingerprint density at radius 1 is 1.00 bits per heavy atom.